The molecule has 0 aliphatic heterocycles. The van der Waals surface area contributed by atoms with Gasteiger partial charge in [-0.1, -0.05) is 95.0 Å². The summed E-state index contributed by atoms with van der Waals surface area (Å²) in [5.41, 5.74) is 0.671. The number of aliphatic hydroxyl groups is 1. The predicted molar refractivity (Wildman–Crippen MR) is 102 cm³/mol. The molecule has 1 rings (SSSR count). The van der Waals surface area contributed by atoms with Crippen LogP contribution < -0.4 is 0 Å². The van der Waals surface area contributed by atoms with E-state index in [1.54, 1.807) is 12.1 Å². The number of hydrogen-bond acceptors (Lipinski definition) is 3. The first-order chi connectivity index (χ1) is 11.5. The molecule has 1 N–H and O–H groups in total. The molecule has 24 heavy (non-hydrogen) atoms. The Hall–Kier alpha value is -0.870. The number of rotatable bonds is 14. The van der Waals surface area contributed by atoms with Gasteiger partial charge in [0.2, 0.25) is 0 Å². The minimum Gasteiger partial charge on any atom is -0.387 e. The second-order valence-corrected chi connectivity index (χ2v) is 8.95. The van der Waals surface area contributed by atoms with Crippen LogP contribution >= 0.6 is 0 Å². The topological polar surface area (TPSA) is 54.4 Å². The molecule has 0 amide bonds. The van der Waals surface area contributed by atoms with Crippen molar-refractivity contribution in [1.82, 2.24) is 0 Å². The van der Waals surface area contributed by atoms with Gasteiger partial charge in [-0.3, -0.25) is 0 Å². The van der Waals surface area contributed by atoms with E-state index in [4.69, 9.17) is 0 Å². The summed E-state index contributed by atoms with van der Waals surface area (Å²) in [6.07, 6.45) is 11.0. The molecule has 0 aliphatic rings. The van der Waals surface area contributed by atoms with Gasteiger partial charge in [-0.25, -0.2) is 8.42 Å². The molecule has 0 saturated carbocycles. The third-order valence-corrected chi connectivity index (χ3v) is 6.14. The molecular formula is C20H34O3S. The Morgan fingerprint density at radius 2 is 1.33 bits per heavy atom. The minimum absolute atomic E-state index is 0.172. The van der Waals surface area contributed by atoms with Crippen LogP contribution in [0.1, 0.15) is 82.8 Å². The summed E-state index contributed by atoms with van der Waals surface area (Å²) < 4.78 is 24.2. The van der Waals surface area contributed by atoms with Crippen LogP contribution in [0.15, 0.2) is 30.3 Å². The van der Waals surface area contributed by atoms with E-state index in [2.05, 4.69) is 6.92 Å². The second kappa shape index (κ2) is 12.5. The Kier molecular flexibility index (Phi) is 11.0. The van der Waals surface area contributed by atoms with E-state index in [0.717, 1.165) is 12.8 Å². The molecule has 0 unspecified atom stereocenters. The molecule has 0 spiro atoms. The molecule has 138 valence electrons. The molecule has 1 atom stereocenters. The van der Waals surface area contributed by atoms with Gasteiger partial charge in [0, 0.05) is 0 Å². The molecule has 0 heterocycles. The zero-order valence-corrected chi connectivity index (χ0v) is 15.9. The van der Waals surface area contributed by atoms with Crippen LogP contribution in [0.4, 0.5) is 0 Å². The van der Waals surface area contributed by atoms with Crippen LogP contribution in [-0.4, -0.2) is 25.0 Å². The maximum absolute atomic E-state index is 12.1. The number of unbranched alkanes of at least 4 members (excludes halogenated alkanes) is 9. The molecule has 1 aromatic carbocycles. The monoisotopic (exact) mass is 354 g/mol. The van der Waals surface area contributed by atoms with Gasteiger partial charge in [0.15, 0.2) is 9.84 Å². The third-order valence-electron chi connectivity index (χ3n) is 4.41. The number of aliphatic hydroxyl groups excluding tert-OH is 1. The summed E-state index contributed by atoms with van der Waals surface area (Å²) in [6.45, 7) is 2.23. The summed E-state index contributed by atoms with van der Waals surface area (Å²) in [6, 6.07) is 9.01. The molecule has 4 heteroatoms. The SMILES string of the molecule is CCCCCCCCCCCCS(=O)(=O)C[C@@H](O)c1ccccc1. The lowest BCUT2D eigenvalue weighted by atomic mass is 10.1. The van der Waals surface area contributed by atoms with Gasteiger partial charge in [-0.15, -0.1) is 0 Å². The molecule has 0 bridgehead atoms. The van der Waals surface area contributed by atoms with Crippen molar-refractivity contribution in [3.63, 3.8) is 0 Å². The highest BCUT2D eigenvalue weighted by molar-refractivity contribution is 7.91. The number of benzene rings is 1. The van der Waals surface area contributed by atoms with Crippen LogP contribution in [-0.2, 0) is 9.84 Å². The first-order valence-corrected chi connectivity index (χ1v) is 11.3. The van der Waals surface area contributed by atoms with Gasteiger partial charge < -0.3 is 5.11 Å². The first kappa shape index (κ1) is 21.2. The lowest BCUT2D eigenvalue weighted by molar-refractivity contribution is 0.201. The van der Waals surface area contributed by atoms with Crippen LogP contribution in [0.25, 0.3) is 0 Å². The second-order valence-electron chi connectivity index (χ2n) is 6.72. The summed E-state index contributed by atoms with van der Waals surface area (Å²) in [5, 5.41) is 10.0. The Balaban J connectivity index is 2.09. The largest absolute Gasteiger partial charge is 0.387 e. The summed E-state index contributed by atoms with van der Waals surface area (Å²) in [5.74, 6) is 0.0157. The van der Waals surface area contributed by atoms with E-state index in [9.17, 15) is 13.5 Å². The molecule has 0 saturated heterocycles. The Bertz CT molecular complexity index is 511. The quantitative estimate of drug-likeness (QED) is 0.475. The van der Waals surface area contributed by atoms with Gasteiger partial charge in [0.25, 0.3) is 0 Å². The molecule has 0 aliphatic carbocycles. The van der Waals surface area contributed by atoms with Crippen molar-refractivity contribution in [3.8, 4) is 0 Å². The smallest absolute Gasteiger partial charge is 0.153 e. The molecule has 0 aromatic heterocycles. The Labute approximate surface area is 148 Å². The van der Waals surface area contributed by atoms with Gasteiger partial charge in [0.05, 0.1) is 17.6 Å². The van der Waals surface area contributed by atoms with Crippen molar-refractivity contribution in [1.29, 1.82) is 0 Å². The van der Waals surface area contributed by atoms with Crippen molar-refractivity contribution in [2.75, 3.05) is 11.5 Å². The minimum atomic E-state index is -3.19. The van der Waals surface area contributed by atoms with Gasteiger partial charge >= 0.3 is 0 Å². The first-order valence-electron chi connectivity index (χ1n) is 9.48. The molecule has 0 radical (unpaired) electrons. The summed E-state index contributed by atoms with van der Waals surface area (Å²) in [4.78, 5) is 0. The van der Waals surface area contributed by atoms with Crippen molar-refractivity contribution < 1.29 is 13.5 Å². The van der Waals surface area contributed by atoms with Crippen molar-refractivity contribution in [2.45, 2.75) is 77.2 Å². The molecular weight excluding hydrogens is 320 g/mol. The van der Waals surface area contributed by atoms with Gasteiger partial charge in [-0.05, 0) is 12.0 Å². The van der Waals surface area contributed by atoms with E-state index in [1.165, 1.54) is 44.9 Å². The average Bonchev–Trinajstić information content (AvgIpc) is 2.57. The van der Waals surface area contributed by atoms with Crippen LogP contribution in [0.2, 0.25) is 0 Å². The van der Waals surface area contributed by atoms with E-state index in [-0.39, 0.29) is 11.5 Å². The zero-order valence-electron chi connectivity index (χ0n) is 15.1. The van der Waals surface area contributed by atoms with E-state index in [0.29, 0.717) is 12.0 Å². The molecule has 0 fully saturated rings. The fourth-order valence-corrected chi connectivity index (χ4v) is 4.39. The fourth-order valence-electron chi connectivity index (χ4n) is 2.90. The highest BCUT2D eigenvalue weighted by Crippen LogP contribution is 2.16. The van der Waals surface area contributed by atoms with Crippen molar-refractivity contribution in [3.05, 3.63) is 35.9 Å². The van der Waals surface area contributed by atoms with Gasteiger partial charge in [0.1, 0.15) is 0 Å². The summed E-state index contributed by atoms with van der Waals surface area (Å²) in [7, 11) is -3.19. The van der Waals surface area contributed by atoms with Crippen LogP contribution in [0.3, 0.4) is 0 Å². The van der Waals surface area contributed by atoms with E-state index in [1.807, 2.05) is 18.2 Å². The third kappa shape index (κ3) is 10.1. The standard InChI is InChI=1S/C20H34O3S/c1-2-3-4-5-6-7-8-9-10-14-17-24(22,23)18-20(21)19-15-12-11-13-16-19/h11-13,15-16,20-21H,2-10,14,17-18H2,1H3/t20-/m1/s1. The average molecular weight is 355 g/mol. The highest BCUT2D eigenvalue weighted by Gasteiger charge is 2.18. The zero-order chi connectivity index (χ0) is 17.7. The number of sulfone groups is 1. The lowest BCUT2D eigenvalue weighted by Crippen LogP contribution is -2.17. The Morgan fingerprint density at radius 3 is 1.88 bits per heavy atom. The Morgan fingerprint density at radius 1 is 0.833 bits per heavy atom. The maximum Gasteiger partial charge on any atom is 0.153 e. The van der Waals surface area contributed by atoms with Crippen molar-refractivity contribution in [2.24, 2.45) is 0 Å². The van der Waals surface area contributed by atoms with Crippen LogP contribution in [0, 0.1) is 0 Å². The van der Waals surface area contributed by atoms with E-state index < -0.39 is 15.9 Å². The fraction of sp³-hybridized carbons (Fsp3) is 0.700. The molecule has 1 aromatic rings. The van der Waals surface area contributed by atoms with Gasteiger partial charge in [-0.2, -0.15) is 0 Å². The van der Waals surface area contributed by atoms with Crippen molar-refractivity contribution >= 4 is 9.84 Å². The normalized spacial score (nSPS) is 13.1. The predicted octanol–water partition coefficient (Wildman–Crippen LogP) is 5.06. The van der Waals surface area contributed by atoms with E-state index >= 15 is 0 Å². The molecule has 3 nitrogen and oxygen atoms in total. The highest BCUT2D eigenvalue weighted by atomic mass is 32.2. The maximum atomic E-state index is 12.1. The summed E-state index contributed by atoms with van der Waals surface area (Å²) >= 11 is 0. The lowest BCUT2D eigenvalue weighted by Gasteiger charge is -2.11. The van der Waals surface area contributed by atoms with Crippen LogP contribution in [0.5, 0.6) is 0 Å². The number of hydrogen-bond donors (Lipinski definition) is 1.